The summed E-state index contributed by atoms with van der Waals surface area (Å²) in [7, 11) is 3.70. The minimum atomic E-state index is 0.207. The van der Waals surface area contributed by atoms with Crippen LogP contribution in [0.25, 0.3) is 0 Å². The molecule has 19 heavy (non-hydrogen) atoms. The van der Waals surface area contributed by atoms with Crippen LogP contribution in [0.1, 0.15) is 38.1 Å². The van der Waals surface area contributed by atoms with Gasteiger partial charge in [0.15, 0.2) is 0 Å². The second-order valence-corrected chi connectivity index (χ2v) is 4.94. The summed E-state index contributed by atoms with van der Waals surface area (Å²) in [6.45, 7) is 8.74. The van der Waals surface area contributed by atoms with Crippen molar-refractivity contribution in [3.05, 3.63) is 17.5 Å². The van der Waals surface area contributed by atoms with E-state index in [2.05, 4.69) is 37.0 Å². The zero-order valence-electron chi connectivity index (χ0n) is 12.9. The van der Waals surface area contributed by atoms with Crippen LogP contribution in [-0.2, 0) is 18.2 Å². The Balaban J connectivity index is 3.02. The number of nitrogens with zero attached hydrogens (tertiary/aromatic N) is 3. The Labute approximate surface area is 116 Å². The molecule has 0 aliphatic rings. The van der Waals surface area contributed by atoms with Gasteiger partial charge in [0.05, 0.1) is 18.3 Å². The zero-order chi connectivity index (χ0) is 14.4. The second kappa shape index (κ2) is 7.62. The fourth-order valence-corrected chi connectivity index (χ4v) is 2.72. The van der Waals surface area contributed by atoms with Gasteiger partial charge in [0.2, 0.25) is 0 Å². The van der Waals surface area contributed by atoms with Crippen LogP contribution in [-0.4, -0.2) is 47.5 Å². The summed E-state index contributed by atoms with van der Waals surface area (Å²) in [5.74, 6) is 0. The zero-order valence-corrected chi connectivity index (χ0v) is 12.9. The van der Waals surface area contributed by atoms with Crippen molar-refractivity contribution in [2.75, 3.05) is 26.8 Å². The lowest BCUT2D eigenvalue weighted by atomic mass is 10.0. The summed E-state index contributed by atoms with van der Waals surface area (Å²) < 4.78 is 7.16. The lowest BCUT2D eigenvalue weighted by Crippen LogP contribution is -2.42. The number of hydrogen-bond donors (Lipinski definition) is 1. The van der Waals surface area contributed by atoms with E-state index in [0.29, 0.717) is 19.2 Å². The molecule has 0 aliphatic heterocycles. The van der Waals surface area contributed by atoms with Gasteiger partial charge in [-0.15, -0.1) is 0 Å². The lowest BCUT2D eigenvalue weighted by Gasteiger charge is -2.34. The van der Waals surface area contributed by atoms with E-state index >= 15 is 0 Å². The minimum Gasteiger partial charge on any atom is -0.383 e. The summed E-state index contributed by atoms with van der Waals surface area (Å²) in [6, 6.07) is 0.548. The van der Waals surface area contributed by atoms with Crippen molar-refractivity contribution in [2.45, 2.75) is 39.3 Å². The lowest BCUT2D eigenvalue weighted by molar-refractivity contribution is 0.0749. The largest absolute Gasteiger partial charge is 0.383 e. The Kier molecular flexibility index (Phi) is 6.48. The summed E-state index contributed by atoms with van der Waals surface area (Å²) in [6.07, 6.45) is 3.03. The predicted octanol–water partition coefficient (Wildman–Crippen LogP) is 1.34. The van der Waals surface area contributed by atoms with Gasteiger partial charge < -0.3 is 10.5 Å². The second-order valence-electron chi connectivity index (χ2n) is 4.94. The maximum atomic E-state index is 6.03. The molecule has 5 heteroatoms. The number of hydrogen-bond acceptors (Lipinski definition) is 4. The van der Waals surface area contributed by atoms with Crippen LogP contribution in [0.2, 0.25) is 0 Å². The first-order valence-electron chi connectivity index (χ1n) is 7.06. The van der Waals surface area contributed by atoms with Crippen LogP contribution in [0.15, 0.2) is 6.20 Å². The van der Waals surface area contributed by atoms with Gasteiger partial charge >= 0.3 is 0 Å². The highest BCUT2D eigenvalue weighted by atomic mass is 16.5. The first-order chi connectivity index (χ1) is 9.08. The van der Waals surface area contributed by atoms with Gasteiger partial charge in [0, 0.05) is 38.5 Å². The van der Waals surface area contributed by atoms with E-state index in [9.17, 15) is 0 Å². The normalized spacial score (nSPS) is 14.9. The monoisotopic (exact) mass is 268 g/mol. The van der Waals surface area contributed by atoms with E-state index in [0.717, 1.165) is 18.7 Å². The molecule has 0 spiro atoms. The Bertz CT molecular complexity index is 378. The fourth-order valence-electron chi connectivity index (χ4n) is 2.72. The number of nitrogens with two attached hydrogens (primary N) is 1. The van der Waals surface area contributed by atoms with E-state index < -0.39 is 0 Å². The van der Waals surface area contributed by atoms with Crippen molar-refractivity contribution in [3.63, 3.8) is 0 Å². The highest BCUT2D eigenvalue weighted by Crippen LogP contribution is 2.25. The summed E-state index contributed by atoms with van der Waals surface area (Å²) in [4.78, 5) is 2.39. The predicted molar refractivity (Wildman–Crippen MR) is 78.1 cm³/mol. The van der Waals surface area contributed by atoms with Crippen LogP contribution < -0.4 is 5.73 Å². The highest BCUT2D eigenvalue weighted by Gasteiger charge is 2.25. The van der Waals surface area contributed by atoms with E-state index in [1.807, 2.05) is 11.7 Å². The maximum absolute atomic E-state index is 6.03. The summed E-state index contributed by atoms with van der Waals surface area (Å²) >= 11 is 0. The number of aryl methyl sites for hydroxylation is 2. The van der Waals surface area contributed by atoms with Gasteiger partial charge in [-0.3, -0.25) is 9.58 Å². The third kappa shape index (κ3) is 3.78. The number of rotatable bonds is 8. The highest BCUT2D eigenvalue weighted by molar-refractivity contribution is 5.22. The summed E-state index contributed by atoms with van der Waals surface area (Å²) in [5, 5.41) is 4.52. The molecule has 1 aromatic heterocycles. The van der Waals surface area contributed by atoms with E-state index in [-0.39, 0.29) is 6.04 Å². The topological polar surface area (TPSA) is 56.3 Å². The van der Waals surface area contributed by atoms with Crippen LogP contribution in [0.5, 0.6) is 0 Å². The van der Waals surface area contributed by atoms with Gasteiger partial charge in [-0.25, -0.2) is 0 Å². The summed E-state index contributed by atoms with van der Waals surface area (Å²) in [5.41, 5.74) is 8.42. The smallest absolute Gasteiger partial charge is 0.0670 e. The van der Waals surface area contributed by atoms with Gasteiger partial charge in [-0.2, -0.15) is 5.10 Å². The van der Waals surface area contributed by atoms with Crippen molar-refractivity contribution in [3.8, 4) is 0 Å². The van der Waals surface area contributed by atoms with Crippen molar-refractivity contribution in [1.29, 1.82) is 0 Å². The number of methoxy groups -OCH3 is 1. The molecule has 0 aromatic carbocycles. The molecule has 0 fully saturated rings. The number of likely N-dealkylation sites (N-methyl/N-ethyl adjacent to an activating group) is 1. The molecule has 1 rings (SSSR count). The molecule has 0 amide bonds. The quantitative estimate of drug-likeness (QED) is 0.773. The molecule has 2 N–H and O–H groups in total. The molecule has 0 aliphatic carbocycles. The SMILES string of the molecule is CCc1nn(C)cc1C(CN)N(CC)C(C)COC. The van der Waals surface area contributed by atoms with Crippen LogP contribution in [0.4, 0.5) is 0 Å². The molecule has 0 saturated carbocycles. The Morgan fingerprint density at radius 2 is 2.16 bits per heavy atom. The Hall–Kier alpha value is -0.910. The van der Waals surface area contributed by atoms with Gasteiger partial charge in [0.25, 0.3) is 0 Å². The molecular weight excluding hydrogens is 240 g/mol. The molecule has 0 bridgehead atoms. The number of ether oxygens (including phenoxy) is 1. The molecule has 2 unspecified atom stereocenters. The molecular formula is C14H28N4O. The van der Waals surface area contributed by atoms with E-state index in [1.165, 1.54) is 5.56 Å². The third-order valence-corrected chi connectivity index (χ3v) is 3.59. The van der Waals surface area contributed by atoms with Crippen molar-refractivity contribution in [2.24, 2.45) is 12.8 Å². The van der Waals surface area contributed by atoms with E-state index in [1.54, 1.807) is 7.11 Å². The van der Waals surface area contributed by atoms with E-state index in [4.69, 9.17) is 10.5 Å². The molecule has 0 radical (unpaired) electrons. The molecule has 2 atom stereocenters. The van der Waals surface area contributed by atoms with Crippen LogP contribution >= 0.6 is 0 Å². The number of aromatic nitrogens is 2. The molecule has 110 valence electrons. The van der Waals surface area contributed by atoms with Crippen molar-refractivity contribution in [1.82, 2.24) is 14.7 Å². The average Bonchev–Trinajstić information content (AvgIpc) is 2.76. The fraction of sp³-hybridized carbons (Fsp3) is 0.786. The Morgan fingerprint density at radius 3 is 2.63 bits per heavy atom. The van der Waals surface area contributed by atoms with Gasteiger partial charge in [-0.1, -0.05) is 13.8 Å². The molecule has 1 heterocycles. The standard InChI is InChI=1S/C14H28N4O/c1-6-13-12(9-17(4)16-13)14(8-15)18(7-2)11(3)10-19-5/h9,11,14H,6-8,10,15H2,1-5H3. The molecule has 0 saturated heterocycles. The van der Waals surface area contributed by atoms with Gasteiger partial charge in [0.1, 0.15) is 0 Å². The van der Waals surface area contributed by atoms with Crippen LogP contribution in [0.3, 0.4) is 0 Å². The molecule has 1 aromatic rings. The van der Waals surface area contributed by atoms with Crippen molar-refractivity contribution < 1.29 is 4.74 Å². The molecule has 5 nitrogen and oxygen atoms in total. The first kappa shape index (κ1) is 16.1. The Morgan fingerprint density at radius 1 is 1.47 bits per heavy atom. The minimum absolute atomic E-state index is 0.207. The first-order valence-corrected chi connectivity index (χ1v) is 7.06. The maximum Gasteiger partial charge on any atom is 0.0670 e. The average molecular weight is 268 g/mol. The van der Waals surface area contributed by atoms with Gasteiger partial charge in [-0.05, 0) is 19.9 Å². The third-order valence-electron chi connectivity index (χ3n) is 3.59. The van der Waals surface area contributed by atoms with Crippen LogP contribution in [0, 0.1) is 0 Å². The van der Waals surface area contributed by atoms with Crippen molar-refractivity contribution >= 4 is 0 Å².